The molecular formula is C18H15IN2O3. The van der Waals surface area contributed by atoms with E-state index in [1.54, 1.807) is 32.5 Å². The van der Waals surface area contributed by atoms with E-state index in [1.165, 1.54) is 0 Å². The number of amides is 1. The number of hydrogen-bond donors (Lipinski definition) is 1. The Bertz CT molecular complexity index is 907. The molecule has 0 fully saturated rings. The van der Waals surface area contributed by atoms with Crippen LogP contribution in [0.15, 0.2) is 48.7 Å². The lowest BCUT2D eigenvalue weighted by atomic mass is 10.1. The Kier molecular flexibility index (Phi) is 4.84. The second kappa shape index (κ2) is 7.04. The van der Waals surface area contributed by atoms with Crippen LogP contribution in [0.3, 0.4) is 0 Å². The van der Waals surface area contributed by atoms with Gasteiger partial charge in [0.2, 0.25) is 0 Å². The molecule has 24 heavy (non-hydrogen) atoms. The molecule has 1 N–H and O–H groups in total. The van der Waals surface area contributed by atoms with E-state index in [-0.39, 0.29) is 5.91 Å². The Morgan fingerprint density at radius 3 is 2.58 bits per heavy atom. The fourth-order valence-electron chi connectivity index (χ4n) is 2.43. The average molecular weight is 434 g/mol. The van der Waals surface area contributed by atoms with Crippen LogP contribution in [0.2, 0.25) is 0 Å². The molecule has 1 heterocycles. The Balaban J connectivity index is 1.98. The number of fused-ring (bicyclic) bond motifs is 1. The molecule has 5 nitrogen and oxygen atoms in total. The molecule has 122 valence electrons. The molecule has 1 aromatic heterocycles. The number of benzene rings is 2. The highest BCUT2D eigenvalue weighted by Crippen LogP contribution is 2.32. The van der Waals surface area contributed by atoms with Gasteiger partial charge in [0.1, 0.15) is 0 Å². The van der Waals surface area contributed by atoms with Gasteiger partial charge in [-0.3, -0.25) is 9.78 Å². The Morgan fingerprint density at radius 1 is 1.08 bits per heavy atom. The summed E-state index contributed by atoms with van der Waals surface area (Å²) in [5, 5.41) is 3.84. The SMILES string of the molecule is COc1cc(I)c(C(=O)Nc2cccc3ncccc23)cc1OC. The largest absolute Gasteiger partial charge is 0.493 e. The maximum atomic E-state index is 12.7. The molecule has 0 unspecified atom stereocenters. The van der Waals surface area contributed by atoms with Crippen molar-refractivity contribution >= 4 is 45.1 Å². The predicted octanol–water partition coefficient (Wildman–Crippen LogP) is 4.11. The first-order valence-electron chi connectivity index (χ1n) is 7.20. The zero-order valence-corrected chi connectivity index (χ0v) is 15.3. The van der Waals surface area contributed by atoms with Gasteiger partial charge in [-0.15, -0.1) is 0 Å². The summed E-state index contributed by atoms with van der Waals surface area (Å²) < 4.78 is 11.3. The third kappa shape index (κ3) is 3.14. The number of halogens is 1. The first-order chi connectivity index (χ1) is 11.6. The van der Waals surface area contributed by atoms with Crippen molar-refractivity contribution < 1.29 is 14.3 Å². The van der Waals surface area contributed by atoms with Crippen molar-refractivity contribution in [3.63, 3.8) is 0 Å². The fraction of sp³-hybridized carbons (Fsp3) is 0.111. The van der Waals surface area contributed by atoms with E-state index in [0.29, 0.717) is 17.1 Å². The lowest BCUT2D eigenvalue weighted by molar-refractivity contribution is 0.102. The van der Waals surface area contributed by atoms with E-state index in [1.807, 2.05) is 30.3 Å². The summed E-state index contributed by atoms with van der Waals surface area (Å²) in [6.45, 7) is 0. The quantitative estimate of drug-likeness (QED) is 0.629. The molecule has 0 aliphatic rings. The molecule has 0 radical (unpaired) electrons. The second-order valence-electron chi connectivity index (χ2n) is 5.02. The van der Waals surface area contributed by atoms with Crippen molar-refractivity contribution in [2.75, 3.05) is 19.5 Å². The van der Waals surface area contributed by atoms with Crippen molar-refractivity contribution in [1.82, 2.24) is 4.98 Å². The molecule has 0 saturated heterocycles. The van der Waals surface area contributed by atoms with Gasteiger partial charge in [0, 0.05) is 15.2 Å². The van der Waals surface area contributed by atoms with Crippen LogP contribution in [0.25, 0.3) is 10.9 Å². The molecule has 6 heteroatoms. The van der Waals surface area contributed by atoms with Gasteiger partial charge >= 0.3 is 0 Å². The van der Waals surface area contributed by atoms with Crippen LogP contribution >= 0.6 is 22.6 Å². The van der Waals surface area contributed by atoms with E-state index < -0.39 is 0 Å². The predicted molar refractivity (Wildman–Crippen MR) is 102 cm³/mol. The van der Waals surface area contributed by atoms with Crippen molar-refractivity contribution in [2.45, 2.75) is 0 Å². The molecule has 3 aromatic rings. The van der Waals surface area contributed by atoms with Crippen LogP contribution < -0.4 is 14.8 Å². The first-order valence-corrected chi connectivity index (χ1v) is 8.28. The molecule has 3 rings (SSSR count). The zero-order valence-electron chi connectivity index (χ0n) is 13.2. The number of pyridine rings is 1. The van der Waals surface area contributed by atoms with Crippen LogP contribution in [0.4, 0.5) is 5.69 Å². The molecule has 0 atom stereocenters. The molecular weight excluding hydrogens is 419 g/mol. The second-order valence-corrected chi connectivity index (χ2v) is 6.18. The highest BCUT2D eigenvalue weighted by atomic mass is 127. The maximum absolute atomic E-state index is 12.7. The van der Waals surface area contributed by atoms with Crippen molar-refractivity contribution in [3.05, 3.63) is 57.8 Å². The van der Waals surface area contributed by atoms with Crippen LogP contribution in [-0.2, 0) is 0 Å². The Morgan fingerprint density at radius 2 is 1.83 bits per heavy atom. The standard InChI is InChI=1S/C18H15IN2O3/c1-23-16-9-12(13(19)10-17(16)24-2)18(22)21-15-7-3-6-14-11(15)5-4-8-20-14/h3-10H,1-2H3,(H,21,22). The summed E-state index contributed by atoms with van der Waals surface area (Å²) in [5.74, 6) is 0.896. The third-order valence-electron chi connectivity index (χ3n) is 3.61. The summed E-state index contributed by atoms with van der Waals surface area (Å²) in [6, 6.07) is 12.9. The van der Waals surface area contributed by atoms with E-state index in [4.69, 9.17) is 9.47 Å². The fourth-order valence-corrected chi connectivity index (χ4v) is 3.11. The number of methoxy groups -OCH3 is 2. The van der Waals surface area contributed by atoms with Gasteiger partial charge in [-0.25, -0.2) is 0 Å². The number of anilines is 1. The molecule has 0 spiro atoms. The summed E-state index contributed by atoms with van der Waals surface area (Å²) in [5.41, 5.74) is 2.07. The first kappa shape index (κ1) is 16.5. The monoisotopic (exact) mass is 434 g/mol. The zero-order chi connectivity index (χ0) is 17.1. The highest BCUT2D eigenvalue weighted by Gasteiger charge is 2.16. The van der Waals surface area contributed by atoms with Crippen LogP contribution in [0.1, 0.15) is 10.4 Å². The van der Waals surface area contributed by atoms with E-state index in [2.05, 4.69) is 32.9 Å². The third-order valence-corrected chi connectivity index (χ3v) is 4.50. The molecule has 2 aromatic carbocycles. The highest BCUT2D eigenvalue weighted by molar-refractivity contribution is 14.1. The van der Waals surface area contributed by atoms with E-state index in [9.17, 15) is 4.79 Å². The minimum Gasteiger partial charge on any atom is -0.493 e. The Labute approximate surface area is 153 Å². The minimum atomic E-state index is -0.211. The molecule has 0 saturated carbocycles. The number of rotatable bonds is 4. The number of aromatic nitrogens is 1. The number of hydrogen-bond acceptors (Lipinski definition) is 4. The molecule has 0 aliphatic carbocycles. The summed E-state index contributed by atoms with van der Waals surface area (Å²) in [7, 11) is 3.11. The number of carbonyl (C=O) groups excluding carboxylic acids is 1. The van der Waals surface area contributed by atoms with Gasteiger partial charge in [0.05, 0.1) is 31.0 Å². The topological polar surface area (TPSA) is 60.5 Å². The van der Waals surface area contributed by atoms with E-state index in [0.717, 1.165) is 20.2 Å². The van der Waals surface area contributed by atoms with Gasteiger partial charge in [0.15, 0.2) is 11.5 Å². The molecule has 0 aliphatic heterocycles. The maximum Gasteiger partial charge on any atom is 0.256 e. The van der Waals surface area contributed by atoms with Crippen LogP contribution in [0, 0.1) is 3.57 Å². The minimum absolute atomic E-state index is 0.211. The number of nitrogens with one attached hydrogen (secondary N) is 1. The van der Waals surface area contributed by atoms with E-state index >= 15 is 0 Å². The van der Waals surface area contributed by atoms with Gasteiger partial charge < -0.3 is 14.8 Å². The molecule has 1 amide bonds. The lowest BCUT2D eigenvalue weighted by Crippen LogP contribution is -2.14. The summed E-state index contributed by atoms with van der Waals surface area (Å²) in [4.78, 5) is 17.0. The van der Waals surface area contributed by atoms with Gasteiger partial charge in [-0.2, -0.15) is 0 Å². The number of nitrogens with zero attached hydrogens (tertiary/aromatic N) is 1. The van der Waals surface area contributed by atoms with Gasteiger partial charge in [-0.05, 0) is 59.0 Å². The average Bonchev–Trinajstić information content (AvgIpc) is 2.61. The van der Waals surface area contributed by atoms with Gasteiger partial charge in [0.25, 0.3) is 5.91 Å². The number of ether oxygens (including phenoxy) is 2. The van der Waals surface area contributed by atoms with Crippen molar-refractivity contribution in [3.8, 4) is 11.5 Å². The number of carbonyl (C=O) groups is 1. The van der Waals surface area contributed by atoms with Crippen LogP contribution in [0.5, 0.6) is 11.5 Å². The van der Waals surface area contributed by atoms with Gasteiger partial charge in [-0.1, -0.05) is 6.07 Å². The Hall–Kier alpha value is -2.35. The van der Waals surface area contributed by atoms with Crippen LogP contribution in [-0.4, -0.2) is 25.1 Å². The summed E-state index contributed by atoms with van der Waals surface area (Å²) >= 11 is 2.11. The van der Waals surface area contributed by atoms with Crippen molar-refractivity contribution in [1.29, 1.82) is 0 Å². The molecule has 0 bridgehead atoms. The normalized spacial score (nSPS) is 10.5. The van der Waals surface area contributed by atoms with Crippen molar-refractivity contribution in [2.24, 2.45) is 0 Å². The lowest BCUT2D eigenvalue weighted by Gasteiger charge is -2.13. The summed E-state index contributed by atoms with van der Waals surface area (Å²) in [6.07, 6.45) is 1.73. The smallest absolute Gasteiger partial charge is 0.256 e.